The molecule has 0 radical (unpaired) electrons. The summed E-state index contributed by atoms with van der Waals surface area (Å²) in [7, 11) is 0. The third kappa shape index (κ3) is 4.69. The molecule has 4 heteroatoms. The van der Waals surface area contributed by atoms with Gasteiger partial charge in [0.25, 0.3) is 0 Å². The maximum Gasteiger partial charge on any atom is 0.119 e. The summed E-state index contributed by atoms with van der Waals surface area (Å²) in [5, 5.41) is 17.3. The first-order valence-electron chi connectivity index (χ1n) is 4.42. The van der Waals surface area contributed by atoms with E-state index in [0.29, 0.717) is 0 Å². The van der Waals surface area contributed by atoms with E-state index in [4.69, 9.17) is 19.7 Å². The van der Waals surface area contributed by atoms with Crippen LogP contribution in [-0.4, -0.2) is 36.6 Å². The maximum atomic E-state index is 8.65. The van der Waals surface area contributed by atoms with Gasteiger partial charge in [-0.25, -0.2) is 0 Å². The molecule has 0 saturated carbocycles. The number of aromatic hydroxyl groups is 2. The van der Waals surface area contributed by atoms with Crippen molar-refractivity contribution in [3.63, 3.8) is 0 Å². The molecule has 1 fully saturated rings. The molecular weight excluding hydrogens is 184 g/mol. The van der Waals surface area contributed by atoms with Gasteiger partial charge < -0.3 is 19.7 Å². The second kappa shape index (κ2) is 6.23. The molecule has 0 amide bonds. The van der Waals surface area contributed by atoms with Crippen LogP contribution in [-0.2, 0) is 9.47 Å². The predicted molar refractivity (Wildman–Crippen MR) is 51.4 cm³/mol. The zero-order chi connectivity index (χ0) is 10.2. The minimum atomic E-state index is 0.0880. The van der Waals surface area contributed by atoms with Crippen molar-refractivity contribution < 1.29 is 19.7 Å². The molecule has 78 valence electrons. The molecule has 1 aromatic rings. The van der Waals surface area contributed by atoms with Crippen LogP contribution in [0.25, 0.3) is 0 Å². The molecule has 0 aliphatic carbocycles. The van der Waals surface area contributed by atoms with Crippen LogP contribution in [0.2, 0.25) is 0 Å². The molecule has 1 aliphatic rings. The summed E-state index contributed by atoms with van der Waals surface area (Å²) in [6.07, 6.45) is 0. The number of hydrogen-bond donors (Lipinski definition) is 2. The second-order valence-corrected chi connectivity index (χ2v) is 2.74. The number of phenols is 2. The smallest absolute Gasteiger partial charge is 0.119 e. The van der Waals surface area contributed by atoms with Crippen molar-refractivity contribution in [2.45, 2.75) is 0 Å². The molecule has 1 saturated heterocycles. The van der Waals surface area contributed by atoms with Gasteiger partial charge in [-0.3, -0.25) is 0 Å². The van der Waals surface area contributed by atoms with Crippen molar-refractivity contribution in [1.82, 2.24) is 0 Å². The molecule has 0 spiro atoms. The summed E-state index contributed by atoms with van der Waals surface area (Å²) in [6, 6.07) is 5.85. The highest BCUT2D eigenvalue weighted by Crippen LogP contribution is 2.14. The summed E-state index contributed by atoms with van der Waals surface area (Å²) in [5.74, 6) is 0.176. The van der Waals surface area contributed by atoms with E-state index < -0.39 is 0 Å². The zero-order valence-corrected chi connectivity index (χ0v) is 7.85. The van der Waals surface area contributed by atoms with Gasteiger partial charge in [-0.1, -0.05) is 6.07 Å². The van der Waals surface area contributed by atoms with Crippen molar-refractivity contribution in [2.75, 3.05) is 26.4 Å². The lowest BCUT2D eigenvalue weighted by atomic mass is 10.3. The number of phenolic OH excluding ortho intramolecular Hbond substituents is 2. The Hall–Kier alpha value is -1.26. The fourth-order valence-electron chi connectivity index (χ4n) is 0.933. The van der Waals surface area contributed by atoms with Crippen molar-refractivity contribution in [2.24, 2.45) is 0 Å². The summed E-state index contributed by atoms with van der Waals surface area (Å²) in [6.45, 7) is 3.11. The Balaban J connectivity index is 0.000000146. The topological polar surface area (TPSA) is 58.9 Å². The summed E-state index contributed by atoms with van der Waals surface area (Å²) in [5.41, 5.74) is 0. The first-order valence-corrected chi connectivity index (χ1v) is 4.42. The number of hydrogen-bond acceptors (Lipinski definition) is 4. The van der Waals surface area contributed by atoms with Crippen LogP contribution in [0.5, 0.6) is 11.5 Å². The van der Waals surface area contributed by atoms with Crippen LogP contribution < -0.4 is 0 Å². The molecular formula is C10H14O4. The average molecular weight is 198 g/mol. The molecule has 2 rings (SSSR count). The van der Waals surface area contributed by atoms with E-state index in [-0.39, 0.29) is 11.5 Å². The molecule has 1 heterocycles. The van der Waals surface area contributed by atoms with E-state index in [1.807, 2.05) is 0 Å². The summed E-state index contributed by atoms with van der Waals surface area (Å²) in [4.78, 5) is 0. The fourth-order valence-corrected chi connectivity index (χ4v) is 0.933. The standard InChI is InChI=1S/C6H6O2.C4H8O2/c7-5-2-1-3-6(8)4-5;1-2-6-4-3-5-1/h1-4,7-8H;1-4H2. The van der Waals surface area contributed by atoms with Gasteiger partial charge >= 0.3 is 0 Å². The van der Waals surface area contributed by atoms with Gasteiger partial charge in [0.2, 0.25) is 0 Å². The lowest BCUT2D eigenvalue weighted by Crippen LogP contribution is -2.16. The third-order valence-corrected chi connectivity index (χ3v) is 1.57. The van der Waals surface area contributed by atoms with Gasteiger partial charge in [-0.15, -0.1) is 0 Å². The molecule has 1 aliphatic heterocycles. The molecule has 0 unspecified atom stereocenters. The lowest BCUT2D eigenvalue weighted by Gasteiger charge is -2.09. The highest BCUT2D eigenvalue weighted by Gasteiger charge is 1.94. The highest BCUT2D eigenvalue weighted by molar-refractivity contribution is 5.30. The molecule has 0 bridgehead atoms. The van der Waals surface area contributed by atoms with E-state index in [2.05, 4.69) is 0 Å². The Morgan fingerprint density at radius 3 is 1.50 bits per heavy atom. The Labute approximate surface area is 82.7 Å². The Bertz CT molecular complexity index is 229. The van der Waals surface area contributed by atoms with Crippen LogP contribution in [0.1, 0.15) is 0 Å². The lowest BCUT2D eigenvalue weighted by molar-refractivity contribution is -0.0334. The number of benzene rings is 1. The van der Waals surface area contributed by atoms with E-state index in [1.54, 1.807) is 6.07 Å². The number of rotatable bonds is 0. The van der Waals surface area contributed by atoms with E-state index in [9.17, 15) is 0 Å². The average Bonchev–Trinajstić information content (AvgIpc) is 2.21. The van der Waals surface area contributed by atoms with E-state index in [0.717, 1.165) is 26.4 Å². The molecule has 4 nitrogen and oxygen atoms in total. The molecule has 0 aromatic heterocycles. The molecule has 1 aromatic carbocycles. The SMILES string of the molecule is C1COCCO1.Oc1cccc(O)c1. The van der Waals surface area contributed by atoms with Gasteiger partial charge in [0.05, 0.1) is 26.4 Å². The van der Waals surface area contributed by atoms with Crippen molar-refractivity contribution >= 4 is 0 Å². The largest absolute Gasteiger partial charge is 0.508 e. The zero-order valence-electron chi connectivity index (χ0n) is 7.85. The Kier molecular flexibility index (Phi) is 4.82. The van der Waals surface area contributed by atoms with Crippen molar-refractivity contribution in [3.8, 4) is 11.5 Å². The maximum absolute atomic E-state index is 8.65. The molecule has 14 heavy (non-hydrogen) atoms. The van der Waals surface area contributed by atoms with Crippen LogP contribution in [0.4, 0.5) is 0 Å². The van der Waals surface area contributed by atoms with Crippen molar-refractivity contribution in [3.05, 3.63) is 24.3 Å². The summed E-state index contributed by atoms with van der Waals surface area (Å²) < 4.78 is 9.89. The second-order valence-electron chi connectivity index (χ2n) is 2.74. The third-order valence-electron chi connectivity index (χ3n) is 1.57. The summed E-state index contributed by atoms with van der Waals surface area (Å²) >= 11 is 0. The Morgan fingerprint density at radius 1 is 0.857 bits per heavy atom. The van der Waals surface area contributed by atoms with Gasteiger partial charge in [-0.2, -0.15) is 0 Å². The normalized spacial score (nSPS) is 15.4. The highest BCUT2D eigenvalue weighted by atomic mass is 16.6. The van der Waals surface area contributed by atoms with E-state index in [1.165, 1.54) is 18.2 Å². The van der Waals surface area contributed by atoms with E-state index >= 15 is 0 Å². The minimum Gasteiger partial charge on any atom is -0.508 e. The van der Waals surface area contributed by atoms with Gasteiger partial charge in [-0.05, 0) is 12.1 Å². The molecule has 0 atom stereocenters. The van der Waals surface area contributed by atoms with Crippen LogP contribution in [0.15, 0.2) is 24.3 Å². The first kappa shape index (κ1) is 10.8. The van der Waals surface area contributed by atoms with Crippen LogP contribution in [0, 0.1) is 0 Å². The van der Waals surface area contributed by atoms with Crippen molar-refractivity contribution in [1.29, 1.82) is 0 Å². The monoisotopic (exact) mass is 198 g/mol. The Morgan fingerprint density at radius 2 is 1.29 bits per heavy atom. The van der Waals surface area contributed by atoms with Gasteiger partial charge in [0, 0.05) is 6.07 Å². The first-order chi connectivity index (χ1) is 6.79. The minimum absolute atomic E-state index is 0.0880. The van der Waals surface area contributed by atoms with Crippen LogP contribution >= 0.6 is 0 Å². The predicted octanol–water partition coefficient (Wildman–Crippen LogP) is 1.13. The quantitative estimate of drug-likeness (QED) is 0.656. The molecule has 2 N–H and O–H groups in total. The fraction of sp³-hybridized carbons (Fsp3) is 0.400. The number of ether oxygens (including phenoxy) is 2. The van der Waals surface area contributed by atoms with Gasteiger partial charge in [0.1, 0.15) is 11.5 Å². The van der Waals surface area contributed by atoms with Crippen LogP contribution in [0.3, 0.4) is 0 Å². The van der Waals surface area contributed by atoms with Gasteiger partial charge in [0.15, 0.2) is 0 Å².